The number of hydrogen-bond donors (Lipinski definition) is 6. The zero-order chi connectivity index (χ0) is 24.7. The van der Waals surface area contributed by atoms with Crippen LogP contribution in [0.1, 0.15) is 12.5 Å². The highest BCUT2D eigenvalue weighted by Gasteiger charge is 2.50. The lowest BCUT2D eigenvalue weighted by molar-refractivity contribution is -0.349. The maximum atomic E-state index is 11.7. The van der Waals surface area contributed by atoms with Gasteiger partial charge in [-0.05, 0) is 31.5 Å². The van der Waals surface area contributed by atoms with Gasteiger partial charge in [-0.25, -0.2) is 4.79 Å². The Balaban J connectivity index is 1.50. The van der Waals surface area contributed by atoms with E-state index < -0.39 is 73.6 Å². The second-order valence-corrected chi connectivity index (χ2v) is 8.51. The van der Waals surface area contributed by atoms with Crippen LogP contribution in [0.5, 0.6) is 5.75 Å². The number of aliphatic hydroxyl groups is 6. The minimum absolute atomic E-state index is 0.172. The zero-order valence-corrected chi connectivity index (χ0v) is 18.4. The molecule has 1 aromatic carbocycles. The summed E-state index contributed by atoms with van der Waals surface area (Å²) >= 11 is 0. The number of rotatable bonds is 5. The Kier molecular flexibility index (Phi) is 7.24. The van der Waals surface area contributed by atoms with Crippen molar-refractivity contribution in [2.75, 3.05) is 6.61 Å². The number of hydrogen-bond acceptors (Lipinski definition) is 12. The second-order valence-electron chi connectivity index (χ2n) is 8.51. The summed E-state index contributed by atoms with van der Waals surface area (Å²) < 4.78 is 27.3. The first-order chi connectivity index (χ1) is 16.1. The maximum absolute atomic E-state index is 11.7. The molecule has 0 bridgehead atoms. The normalized spacial score (nSPS) is 38.7. The third kappa shape index (κ3) is 4.69. The van der Waals surface area contributed by atoms with Crippen molar-refractivity contribution in [1.82, 2.24) is 0 Å². The summed E-state index contributed by atoms with van der Waals surface area (Å²) in [5, 5.41) is 61.7. The Morgan fingerprint density at radius 1 is 0.912 bits per heavy atom. The van der Waals surface area contributed by atoms with Crippen LogP contribution in [-0.2, 0) is 14.2 Å². The average molecular weight is 484 g/mol. The molecule has 2 aliphatic rings. The number of aryl methyl sites for hydroxylation is 1. The molecule has 10 atom stereocenters. The molecule has 2 saturated heterocycles. The maximum Gasteiger partial charge on any atom is 0.336 e. The zero-order valence-electron chi connectivity index (χ0n) is 18.4. The van der Waals surface area contributed by atoms with E-state index in [0.29, 0.717) is 10.9 Å². The lowest BCUT2D eigenvalue weighted by Gasteiger charge is -2.45. The molecule has 6 N–H and O–H groups in total. The molecule has 12 heteroatoms. The predicted octanol–water partition coefficient (Wildman–Crippen LogP) is -1.87. The van der Waals surface area contributed by atoms with E-state index in [0.717, 1.165) is 0 Å². The third-order valence-corrected chi connectivity index (χ3v) is 6.10. The van der Waals surface area contributed by atoms with Gasteiger partial charge in [-0.2, -0.15) is 0 Å². The number of ether oxygens (including phenoxy) is 4. The summed E-state index contributed by atoms with van der Waals surface area (Å²) in [6.07, 6.45) is -14.2. The molecule has 2 aromatic rings. The first-order valence-corrected chi connectivity index (χ1v) is 10.8. The van der Waals surface area contributed by atoms with Crippen LogP contribution in [0.15, 0.2) is 33.5 Å². The van der Waals surface area contributed by atoms with Gasteiger partial charge in [0.25, 0.3) is 0 Å². The summed E-state index contributed by atoms with van der Waals surface area (Å²) in [5.74, 6) is 0.172. The fourth-order valence-electron chi connectivity index (χ4n) is 4.11. The minimum Gasteiger partial charge on any atom is -0.462 e. The molecule has 0 aliphatic carbocycles. The van der Waals surface area contributed by atoms with Gasteiger partial charge in [0.2, 0.25) is 6.29 Å². The quantitative estimate of drug-likeness (QED) is 0.260. The molecule has 12 nitrogen and oxygen atoms in total. The first-order valence-electron chi connectivity index (χ1n) is 10.8. The number of fused-ring (bicyclic) bond motifs is 1. The van der Waals surface area contributed by atoms with Crippen LogP contribution in [0.4, 0.5) is 0 Å². The van der Waals surface area contributed by atoms with E-state index in [-0.39, 0.29) is 11.3 Å². The number of aliphatic hydroxyl groups excluding tert-OH is 6. The molecular formula is C22H28O12. The molecule has 3 heterocycles. The van der Waals surface area contributed by atoms with Crippen LogP contribution >= 0.6 is 0 Å². The van der Waals surface area contributed by atoms with Crippen molar-refractivity contribution in [3.63, 3.8) is 0 Å². The van der Waals surface area contributed by atoms with Crippen molar-refractivity contribution in [3.8, 4) is 5.75 Å². The van der Waals surface area contributed by atoms with Gasteiger partial charge in [0.05, 0.1) is 12.7 Å². The van der Waals surface area contributed by atoms with E-state index in [1.807, 2.05) is 0 Å². The van der Waals surface area contributed by atoms with Crippen molar-refractivity contribution in [2.45, 2.75) is 75.3 Å². The smallest absolute Gasteiger partial charge is 0.336 e. The van der Waals surface area contributed by atoms with Gasteiger partial charge in [-0.15, -0.1) is 0 Å². The highest BCUT2D eigenvalue weighted by molar-refractivity contribution is 5.81. The van der Waals surface area contributed by atoms with Gasteiger partial charge in [-0.3, -0.25) is 0 Å². The van der Waals surface area contributed by atoms with Crippen LogP contribution in [0, 0.1) is 6.92 Å². The Labute approximate surface area is 193 Å². The minimum atomic E-state index is -1.65. The van der Waals surface area contributed by atoms with Gasteiger partial charge in [-0.1, -0.05) is 0 Å². The summed E-state index contributed by atoms with van der Waals surface area (Å²) in [5.41, 5.74) is 0.430. The first kappa shape index (κ1) is 25.0. The molecule has 0 amide bonds. The largest absolute Gasteiger partial charge is 0.462 e. The Bertz CT molecular complexity index is 1050. The standard InChI is InChI=1S/C22H28O12/c1-8-5-14(24)32-12-6-10(3-4-11(8)12)31-22-19(29)17(27)20(13(7-23)33-22)34-21-18(28)16(26)15(25)9(2)30-21/h3-6,9,13,15-23,25-29H,7H2,1-2H3. The van der Waals surface area contributed by atoms with Gasteiger partial charge in [0.15, 0.2) is 6.29 Å². The fraction of sp³-hybridized carbons (Fsp3) is 0.591. The molecule has 2 aliphatic heterocycles. The summed E-state index contributed by atoms with van der Waals surface area (Å²) in [4.78, 5) is 11.7. The van der Waals surface area contributed by atoms with E-state index in [1.54, 1.807) is 19.1 Å². The third-order valence-electron chi connectivity index (χ3n) is 6.10. The molecular weight excluding hydrogens is 456 g/mol. The van der Waals surface area contributed by atoms with Crippen LogP contribution in [0.3, 0.4) is 0 Å². The van der Waals surface area contributed by atoms with E-state index in [4.69, 9.17) is 23.4 Å². The molecule has 4 rings (SSSR count). The SMILES string of the molecule is Cc1cc(=O)oc2cc(OC3OC(CO)C(OC4OC(C)C(O)C(O)C4O)C(O)C3O)ccc12. The summed E-state index contributed by atoms with van der Waals surface area (Å²) in [6, 6.07) is 6.01. The molecule has 34 heavy (non-hydrogen) atoms. The summed E-state index contributed by atoms with van der Waals surface area (Å²) in [6.45, 7) is 2.56. The van der Waals surface area contributed by atoms with Crippen molar-refractivity contribution in [3.05, 3.63) is 40.2 Å². The van der Waals surface area contributed by atoms with E-state index >= 15 is 0 Å². The number of benzene rings is 1. The second kappa shape index (κ2) is 9.85. The van der Waals surface area contributed by atoms with E-state index in [1.165, 1.54) is 19.1 Å². The van der Waals surface area contributed by atoms with Gasteiger partial charge in [0, 0.05) is 17.5 Å². The van der Waals surface area contributed by atoms with Crippen molar-refractivity contribution < 1.29 is 54.0 Å². The molecule has 10 unspecified atom stereocenters. The highest BCUT2D eigenvalue weighted by atomic mass is 16.7. The van der Waals surface area contributed by atoms with Gasteiger partial charge < -0.3 is 54.0 Å². The lowest BCUT2D eigenvalue weighted by atomic mass is 9.97. The molecule has 0 radical (unpaired) electrons. The molecule has 0 spiro atoms. The van der Waals surface area contributed by atoms with Crippen LogP contribution in [-0.4, -0.2) is 98.7 Å². The van der Waals surface area contributed by atoms with Crippen LogP contribution < -0.4 is 10.4 Å². The van der Waals surface area contributed by atoms with E-state index in [9.17, 15) is 35.4 Å². The summed E-state index contributed by atoms with van der Waals surface area (Å²) in [7, 11) is 0. The van der Waals surface area contributed by atoms with Gasteiger partial charge in [0.1, 0.15) is 54.1 Å². The van der Waals surface area contributed by atoms with Gasteiger partial charge >= 0.3 is 5.63 Å². The van der Waals surface area contributed by atoms with Crippen LogP contribution in [0.2, 0.25) is 0 Å². The average Bonchev–Trinajstić information content (AvgIpc) is 2.80. The Hall–Kier alpha value is -2.13. The van der Waals surface area contributed by atoms with E-state index in [2.05, 4.69) is 0 Å². The Morgan fingerprint density at radius 2 is 1.62 bits per heavy atom. The van der Waals surface area contributed by atoms with Crippen molar-refractivity contribution >= 4 is 11.0 Å². The lowest BCUT2D eigenvalue weighted by Crippen LogP contribution is -2.64. The van der Waals surface area contributed by atoms with Crippen molar-refractivity contribution in [2.24, 2.45) is 0 Å². The van der Waals surface area contributed by atoms with Crippen LogP contribution in [0.25, 0.3) is 11.0 Å². The molecule has 188 valence electrons. The highest BCUT2D eigenvalue weighted by Crippen LogP contribution is 2.31. The topological polar surface area (TPSA) is 189 Å². The molecule has 0 saturated carbocycles. The van der Waals surface area contributed by atoms with Crippen molar-refractivity contribution in [1.29, 1.82) is 0 Å². The molecule has 1 aromatic heterocycles. The fourth-order valence-corrected chi connectivity index (χ4v) is 4.11. The molecule has 2 fully saturated rings. The monoisotopic (exact) mass is 484 g/mol. The predicted molar refractivity (Wildman–Crippen MR) is 113 cm³/mol. The Morgan fingerprint density at radius 3 is 2.32 bits per heavy atom.